The molecule has 5 rings (SSSR count). The molecular formula is C23H25N5O3S. The van der Waals surface area contributed by atoms with Crippen molar-refractivity contribution in [3.8, 4) is 11.5 Å². The molecule has 166 valence electrons. The van der Waals surface area contributed by atoms with Gasteiger partial charge in [-0.2, -0.15) is 0 Å². The number of pyridine rings is 1. The number of ether oxygens (including phenoxy) is 2. The molecule has 4 heterocycles. The number of anilines is 2. The Bertz CT molecular complexity index is 1110. The highest BCUT2D eigenvalue weighted by Gasteiger charge is 2.23. The largest absolute Gasteiger partial charge is 0.454 e. The first-order valence-corrected chi connectivity index (χ1v) is 11.5. The lowest BCUT2D eigenvalue weighted by atomic mass is 10.1. The Labute approximate surface area is 190 Å². The highest BCUT2D eigenvalue weighted by atomic mass is 32.1. The van der Waals surface area contributed by atoms with Gasteiger partial charge in [-0.1, -0.05) is 6.07 Å². The minimum absolute atomic E-state index is 0.123. The maximum atomic E-state index is 12.8. The molecule has 0 bridgehead atoms. The molecule has 1 saturated heterocycles. The van der Waals surface area contributed by atoms with Gasteiger partial charge >= 0.3 is 0 Å². The van der Waals surface area contributed by atoms with Crippen LogP contribution in [0, 0.1) is 6.92 Å². The number of aryl methyl sites for hydroxylation is 1. The molecule has 0 spiro atoms. The van der Waals surface area contributed by atoms with Crippen LogP contribution in [0.15, 0.2) is 41.9 Å². The van der Waals surface area contributed by atoms with Crippen molar-refractivity contribution in [1.29, 1.82) is 0 Å². The second-order valence-corrected chi connectivity index (χ2v) is 8.87. The number of thiazole rings is 1. The third kappa shape index (κ3) is 4.84. The van der Waals surface area contributed by atoms with Crippen LogP contribution in [-0.4, -0.2) is 58.6 Å². The van der Waals surface area contributed by atoms with Crippen molar-refractivity contribution >= 4 is 28.2 Å². The fourth-order valence-corrected chi connectivity index (χ4v) is 4.60. The van der Waals surface area contributed by atoms with Crippen LogP contribution < -0.4 is 14.8 Å². The number of hydrogen-bond donors (Lipinski definition) is 1. The van der Waals surface area contributed by atoms with Gasteiger partial charge in [-0.3, -0.25) is 9.69 Å². The van der Waals surface area contributed by atoms with Crippen molar-refractivity contribution in [2.24, 2.45) is 0 Å². The summed E-state index contributed by atoms with van der Waals surface area (Å²) in [5, 5.41) is 5.90. The van der Waals surface area contributed by atoms with Crippen molar-refractivity contribution < 1.29 is 14.3 Å². The van der Waals surface area contributed by atoms with Crippen molar-refractivity contribution in [3.63, 3.8) is 0 Å². The first kappa shape index (κ1) is 20.7. The lowest BCUT2D eigenvalue weighted by Gasteiger charge is -2.34. The van der Waals surface area contributed by atoms with Crippen molar-refractivity contribution in [2.75, 3.05) is 38.3 Å². The summed E-state index contributed by atoms with van der Waals surface area (Å²) < 4.78 is 10.8. The Morgan fingerprint density at radius 3 is 2.81 bits per heavy atom. The van der Waals surface area contributed by atoms with Crippen LogP contribution in [0.4, 0.5) is 10.9 Å². The minimum atomic E-state index is 0.123. The minimum Gasteiger partial charge on any atom is -0.454 e. The van der Waals surface area contributed by atoms with Crippen LogP contribution in [0.5, 0.6) is 11.5 Å². The van der Waals surface area contributed by atoms with Crippen molar-refractivity contribution in [1.82, 2.24) is 19.8 Å². The summed E-state index contributed by atoms with van der Waals surface area (Å²) in [6.07, 6.45) is 2.09. The molecule has 32 heavy (non-hydrogen) atoms. The molecule has 0 radical (unpaired) electrons. The molecule has 1 aromatic carbocycles. The molecule has 0 atom stereocenters. The number of piperazine rings is 1. The quantitative estimate of drug-likeness (QED) is 0.616. The number of nitrogens with one attached hydrogen (secondary N) is 1. The fourth-order valence-electron chi connectivity index (χ4n) is 3.88. The van der Waals surface area contributed by atoms with E-state index in [0.29, 0.717) is 13.2 Å². The normalized spacial score (nSPS) is 15.7. The third-order valence-corrected chi connectivity index (χ3v) is 6.41. The van der Waals surface area contributed by atoms with E-state index in [1.165, 1.54) is 16.9 Å². The van der Waals surface area contributed by atoms with Gasteiger partial charge in [0.05, 0.1) is 12.1 Å². The van der Waals surface area contributed by atoms with Crippen molar-refractivity contribution in [2.45, 2.75) is 19.9 Å². The van der Waals surface area contributed by atoms with E-state index in [1.54, 1.807) is 6.20 Å². The van der Waals surface area contributed by atoms with E-state index in [0.717, 1.165) is 66.4 Å². The molecule has 2 aromatic heterocycles. The van der Waals surface area contributed by atoms with Crippen LogP contribution in [0.3, 0.4) is 0 Å². The Kier molecular flexibility index (Phi) is 5.91. The van der Waals surface area contributed by atoms with Gasteiger partial charge in [0.2, 0.25) is 12.7 Å². The summed E-state index contributed by atoms with van der Waals surface area (Å²) >= 11 is 1.49. The molecule has 3 aromatic rings. The zero-order valence-corrected chi connectivity index (χ0v) is 18.7. The van der Waals surface area contributed by atoms with E-state index < -0.39 is 0 Å². The van der Waals surface area contributed by atoms with Crippen molar-refractivity contribution in [3.05, 3.63) is 58.7 Å². The maximum absolute atomic E-state index is 12.8. The number of hydrogen-bond acceptors (Lipinski definition) is 8. The van der Waals surface area contributed by atoms with Crippen LogP contribution in [0.25, 0.3) is 0 Å². The van der Waals surface area contributed by atoms with Gasteiger partial charge in [0.15, 0.2) is 16.6 Å². The van der Waals surface area contributed by atoms with E-state index in [4.69, 9.17) is 9.47 Å². The molecule has 9 heteroatoms. The molecule has 1 N–H and O–H groups in total. The maximum Gasteiger partial charge on any atom is 0.231 e. The second kappa shape index (κ2) is 9.13. The average molecular weight is 452 g/mol. The average Bonchev–Trinajstić information content (AvgIpc) is 3.43. The Morgan fingerprint density at radius 2 is 1.97 bits per heavy atom. The van der Waals surface area contributed by atoms with Gasteiger partial charge in [-0.15, -0.1) is 11.3 Å². The molecule has 0 aliphatic carbocycles. The monoisotopic (exact) mass is 451 g/mol. The highest BCUT2D eigenvalue weighted by Crippen LogP contribution is 2.32. The summed E-state index contributed by atoms with van der Waals surface area (Å²) in [6.45, 7) is 6.31. The SMILES string of the molecule is Cc1ccnc(Nc2nc(CC(=O)N3CCN(Cc4ccc5c(c4)OCO5)CC3)cs2)c1. The zero-order chi connectivity index (χ0) is 21.9. The fraction of sp³-hybridized carbons (Fsp3) is 0.348. The molecule has 0 unspecified atom stereocenters. The molecule has 1 amide bonds. The first-order valence-electron chi connectivity index (χ1n) is 10.7. The highest BCUT2D eigenvalue weighted by molar-refractivity contribution is 7.13. The van der Waals surface area contributed by atoms with Crippen LogP contribution in [-0.2, 0) is 17.8 Å². The van der Waals surface area contributed by atoms with Gasteiger partial charge in [0.25, 0.3) is 0 Å². The summed E-state index contributed by atoms with van der Waals surface area (Å²) in [5.41, 5.74) is 3.12. The molecule has 1 fully saturated rings. The van der Waals surface area contributed by atoms with Crippen LogP contribution >= 0.6 is 11.3 Å². The number of rotatable bonds is 6. The number of carbonyl (C=O) groups is 1. The van der Waals surface area contributed by atoms with E-state index in [-0.39, 0.29) is 5.91 Å². The molecule has 2 aliphatic rings. The Balaban J connectivity index is 1.10. The molecular weight excluding hydrogens is 426 g/mol. The zero-order valence-electron chi connectivity index (χ0n) is 17.9. The Hall–Kier alpha value is -3.17. The lowest BCUT2D eigenvalue weighted by Crippen LogP contribution is -2.48. The van der Waals surface area contributed by atoms with E-state index in [1.807, 2.05) is 41.5 Å². The Morgan fingerprint density at radius 1 is 1.12 bits per heavy atom. The van der Waals surface area contributed by atoms with Gasteiger partial charge in [0, 0.05) is 44.3 Å². The number of benzene rings is 1. The number of nitrogens with zero attached hydrogens (tertiary/aromatic N) is 4. The van der Waals surface area contributed by atoms with Gasteiger partial charge in [-0.05, 0) is 42.3 Å². The topological polar surface area (TPSA) is 79.8 Å². The number of carbonyl (C=O) groups excluding carboxylic acids is 1. The van der Waals surface area contributed by atoms with Crippen LogP contribution in [0.2, 0.25) is 0 Å². The smallest absolute Gasteiger partial charge is 0.231 e. The van der Waals surface area contributed by atoms with E-state index in [2.05, 4.69) is 26.3 Å². The summed E-state index contributed by atoms with van der Waals surface area (Å²) in [4.78, 5) is 25.9. The van der Waals surface area contributed by atoms with Gasteiger partial charge in [-0.25, -0.2) is 9.97 Å². The van der Waals surface area contributed by atoms with E-state index in [9.17, 15) is 4.79 Å². The van der Waals surface area contributed by atoms with E-state index >= 15 is 0 Å². The summed E-state index contributed by atoms with van der Waals surface area (Å²) in [7, 11) is 0. The lowest BCUT2D eigenvalue weighted by molar-refractivity contribution is -0.132. The predicted octanol–water partition coefficient (Wildman–Crippen LogP) is 3.21. The summed E-state index contributed by atoms with van der Waals surface area (Å²) in [6, 6.07) is 10.00. The number of fused-ring (bicyclic) bond motifs is 1. The molecule has 0 saturated carbocycles. The summed E-state index contributed by atoms with van der Waals surface area (Å²) in [5.74, 6) is 2.50. The first-order chi connectivity index (χ1) is 15.6. The number of amides is 1. The van der Waals surface area contributed by atoms with Gasteiger partial charge in [0.1, 0.15) is 5.82 Å². The standard InChI is InChI=1S/C23H25N5O3S/c1-16-4-5-24-21(10-16)26-23-25-18(14-32-23)12-22(29)28-8-6-27(7-9-28)13-17-2-3-19-20(11-17)31-15-30-19/h2-5,10-11,14H,6-9,12-13,15H2,1H3,(H,24,25,26). The molecule has 8 nitrogen and oxygen atoms in total. The predicted molar refractivity (Wildman–Crippen MR) is 122 cm³/mol. The van der Waals surface area contributed by atoms with Gasteiger partial charge < -0.3 is 19.7 Å². The number of aromatic nitrogens is 2. The van der Waals surface area contributed by atoms with Crippen LogP contribution in [0.1, 0.15) is 16.8 Å². The molecule has 2 aliphatic heterocycles. The third-order valence-electron chi connectivity index (χ3n) is 5.60. The second-order valence-electron chi connectivity index (χ2n) is 8.01.